The highest BCUT2D eigenvalue weighted by Gasteiger charge is 2.05. The second-order valence-corrected chi connectivity index (χ2v) is 4.51. The van der Waals surface area contributed by atoms with Crippen molar-refractivity contribution >= 4 is 27.3 Å². The summed E-state index contributed by atoms with van der Waals surface area (Å²) in [4.78, 5) is 0. The molecule has 0 bridgehead atoms. The van der Waals surface area contributed by atoms with Crippen molar-refractivity contribution in [2.24, 2.45) is 0 Å². The minimum Gasteiger partial charge on any atom is -0.353 e. The summed E-state index contributed by atoms with van der Waals surface area (Å²) in [6, 6.07) is 9.98. The quantitative estimate of drug-likeness (QED) is 0.895. The van der Waals surface area contributed by atoms with Crippen molar-refractivity contribution in [1.29, 1.82) is 5.26 Å². The molecule has 5 heteroatoms. The fourth-order valence-corrected chi connectivity index (χ4v) is 1.84. The minimum atomic E-state index is -0.549. The van der Waals surface area contributed by atoms with Gasteiger partial charge in [0.05, 0.1) is 17.3 Å². The van der Waals surface area contributed by atoms with Crippen molar-refractivity contribution in [2.75, 3.05) is 5.32 Å². The van der Waals surface area contributed by atoms with Crippen LogP contribution in [0, 0.1) is 23.0 Å². The van der Waals surface area contributed by atoms with Crippen molar-refractivity contribution in [1.82, 2.24) is 0 Å². The maximum atomic E-state index is 13.5. The van der Waals surface area contributed by atoms with Crippen LogP contribution in [0.4, 0.5) is 20.2 Å². The van der Waals surface area contributed by atoms with Crippen LogP contribution in [0.5, 0.6) is 0 Å². The monoisotopic (exact) mass is 308 g/mol. The molecule has 0 aromatic heterocycles. The Balaban J connectivity index is 2.37. The number of benzene rings is 2. The van der Waals surface area contributed by atoms with E-state index in [2.05, 4.69) is 21.2 Å². The summed E-state index contributed by atoms with van der Waals surface area (Å²) in [5, 5.41) is 11.5. The second-order valence-electron chi connectivity index (χ2n) is 3.59. The van der Waals surface area contributed by atoms with Gasteiger partial charge in [0.2, 0.25) is 0 Å². The molecule has 2 rings (SSSR count). The number of hydrogen-bond acceptors (Lipinski definition) is 2. The van der Waals surface area contributed by atoms with E-state index in [0.29, 0.717) is 10.2 Å². The molecule has 0 spiro atoms. The smallest absolute Gasteiger partial charge is 0.146 e. The molecule has 0 amide bonds. The van der Waals surface area contributed by atoms with Crippen LogP contribution in [-0.4, -0.2) is 0 Å². The number of nitriles is 1. The van der Waals surface area contributed by atoms with Gasteiger partial charge >= 0.3 is 0 Å². The molecule has 0 aliphatic carbocycles. The lowest BCUT2D eigenvalue weighted by Gasteiger charge is -2.08. The van der Waals surface area contributed by atoms with Crippen LogP contribution in [0.15, 0.2) is 40.9 Å². The van der Waals surface area contributed by atoms with Crippen LogP contribution < -0.4 is 5.32 Å². The largest absolute Gasteiger partial charge is 0.353 e. The lowest BCUT2D eigenvalue weighted by atomic mass is 10.2. The SMILES string of the molecule is N#Cc1cc(F)cc(Nc2cc(Br)ccc2F)c1. The number of rotatable bonds is 2. The summed E-state index contributed by atoms with van der Waals surface area (Å²) in [5.74, 6) is -1.01. The van der Waals surface area contributed by atoms with E-state index in [4.69, 9.17) is 5.26 Å². The zero-order valence-corrected chi connectivity index (χ0v) is 10.6. The summed E-state index contributed by atoms with van der Waals surface area (Å²) in [7, 11) is 0. The Morgan fingerprint density at radius 2 is 1.89 bits per heavy atom. The van der Waals surface area contributed by atoms with Crippen molar-refractivity contribution in [3.8, 4) is 6.07 Å². The van der Waals surface area contributed by atoms with Gasteiger partial charge in [-0.25, -0.2) is 8.78 Å². The molecule has 18 heavy (non-hydrogen) atoms. The number of nitrogens with one attached hydrogen (secondary N) is 1. The molecule has 0 heterocycles. The molecule has 1 N–H and O–H groups in total. The molecule has 90 valence electrons. The molecule has 0 aliphatic heterocycles. The Kier molecular flexibility index (Phi) is 3.58. The molecule has 2 nitrogen and oxygen atoms in total. The first kappa shape index (κ1) is 12.5. The van der Waals surface area contributed by atoms with Gasteiger partial charge in [-0.2, -0.15) is 5.26 Å². The average Bonchev–Trinajstić information content (AvgIpc) is 2.33. The van der Waals surface area contributed by atoms with Gasteiger partial charge in [0, 0.05) is 10.2 Å². The highest BCUT2D eigenvalue weighted by atomic mass is 79.9. The molecule has 0 saturated heterocycles. The first-order valence-corrected chi connectivity index (χ1v) is 5.80. The van der Waals surface area contributed by atoms with E-state index in [1.54, 1.807) is 6.07 Å². The van der Waals surface area contributed by atoms with Gasteiger partial charge in [0.25, 0.3) is 0 Å². The topological polar surface area (TPSA) is 35.8 Å². The van der Waals surface area contributed by atoms with E-state index in [0.717, 1.165) is 6.07 Å². The lowest BCUT2D eigenvalue weighted by molar-refractivity contribution is 0.626. The van der Waals surface area contributed by atoms with E-state index in [1.165, 1.54) is 24.3 Å². The number of anilines is 2. The van der Waals surface area contributed by atoms with Crippen LogP contribution in [0.3, 0.4) is 0 Å². The van der Waals surface area contributed by atoms with E-state index in [9.17, 15) is 8.78 Å². The van der Waals surface area contributed by atoms with E-state index in [-0.39, 0.29) is 11.3 Å². The first-order chi connectivity index (χ1) is 8.58. The molecule has 0 saturated carbocycles. The number of hydrogen-bond donors (Lipinski definition) is 1. The summed E-state index contributed by atoms with van der Waals surface area (Å²) in [6.07, 6.45) is 0. The van der Waals surface area contributed by atoms with Crippen molar-refractivity contribution in [3.63, 3.8) is 0 Å². The van der Waals surface area contributed by atoms with Gasteiger partial charge in [-0.1, -0.05) is 15.9 Å². The van der Waals surface area contributed by atoms with E-state index in [1.807, 2.05) is 6.07 Å². The normalized spacial score (nSPS) is 9.89. The molecule has 0 unspecified atom stereocenters. The first-order valence-electron chi connectivity index (χ1n) is 5.01. The minimum absolute atomic E-state index is 0.174. The fraction of sp³-hybridized carbons (Fsp3) is 0. The van der Waals surface area contributed by atoms with Crippen molar-refractivity contribution < 1.29 is 8.78 Å². The number of nitrogens with zero attached hydrogens (tertiary/aromatic N) is 1. The van der Waals surface area contributed by atoms with Crippen LogP contribution in [-0.2, 0) is 0 Å². The third-order valence-electron chi connectivity index (χ3n) is 2.23. The molecular weight excluding hydrogens is 302 g/mol. The van der Waals surface area contributed by atoms with Crippen LogP contribution in [0.2, 0.25) is 0 Å². The standard InChI is InChI=1S/C13H7BrF2N2/c14-9-1-2-12(16)13(5-9)18-11-4-8(7-17)3-10(15)6-11/h1-6,18H. The van der Waals surface area contributed by atoms with E-state index >= 15 is 0 Å². The van der Waals surface area contributed by atoms with Crippen molar-refractivity contribution in [3.05, 3.63) is 58.1 Å². The highest BCUT2D eigenvalue weighted by Crippen LogP contribution is 2.24. The summed E-state index contributed by atoms with van der Waals surface area (Å²) >= 11 is 3.22. The predicted octanol–water partition coefficient (Wildman–Crippen LogP) is 4.34. The molecule has 0 aliphatic rings. The van der Waals surface area contributed by atoms with Gasteiger partial charge in [0.15, 0.2) is 0 Å². The van der Waals surface area contributed by atoms with E-state index < -0.39 is 11.6 Å². The molecule has 2 aromatic rings. The summed E-state index contributed by atoms with van der Waals surface area (Å²) in [6.45, 7) is 0. The van der Waals surface area contributed by atoms with Crippen molar-refractivity contribution in [2.45, 2.75) is 0 Å². The van der Waals surface area contributed by atoms with Gasteiger partial charge in [-0.15, -0.1) is 0 Å². The second kappa shape index (κ2) is 5.15. The highest BCUT2D eigenvalue weighted by molar-refractivity contribution is 9.10. The Bertz CT molecular complexity index is 635. The Morgan fingerprint density at radius 3 is 2.61 bits per heavy atom. The molecule has 0 fully saturated rings. The zero-order valence-electron chi connectivity index (χ0n) is 9.05. The Labute approximate surface area is 111 Å². The lowest BCUT2D eigenvalue weighted by Crippen LogP contribution is -1.95. The van der Waals surface area contributed by atoms with Gasteiger partial charge < -0.3 is 5.32 Å². The maximum Gasteiger partial charge on any atom is 0.146 e. The summed E-state index contributed by atoms with van der Waals surface area (Å²) in [5.41, 5.74) is 0.704. The van der Waals surface area contributed by atoms with Crippen LogP contribution in [0.25, 0.3) is 0 Å². The van der Waals surface area contributed by atoms with Crippen LogP contribution in [0.1, 0.15) is 5.56 Å². The predicted molar refractivity (Wildman–Crippen MR) is 68.5 cm³/mol. The van der Waals surface area contributed by atoms with Gasteiger partial charge in [0.1, 0.15) is 11.6 Å². The molecule has 2 aromatic carbocycles. The summed E-state index contributed by atoms with van der Waals surface area (Å²) < 4.78 is 27.4. The number of halogens is 3. The Hall–Kier alpha value is -1.93. The molecule has 0 atom stereocenters. The van der Waals surface area contributed by atoms with Gasteiger partial charge in [-0.3, -0.25) is 0 Å². The molecular formula is C13H7BrF2N2. The average molecular weight is 309 g/mol. The zero-order chi connectivity index (χ0) is 13.1. The third-order valence-corrected chi connectivity index (χ3v) is 2.73. The fourth-order valence-electron chi connectivity index (χ4n) is 1.48. The van der Waals surface area contributed by atoms with Crippen LogP contribution >= 0.6 is 15.9 Å². The molecule has 0 radical (unpaired) electrons. The third kappa shape index (κ3) is 2.84. The van der Waals surface area contributed by atoms with Gasteiger partial charge in [-0.05, 0) is 36.4 Å². The Morgan fingerprint density at radius 1 is 1.11 bits per heavy atom. The maximum absolute atomic E-state index is 13.5.